The number of carbonyl (C=O) groups is 2. The zero-order valence-corrected chi connectivity index (χ0v) is 23.0. The summed E-state index contributed by atoms with van der Waals surface area (Å²) >= 11 is 6.26. The van der Waals surface area contributed by atoms with Gasteiger partial charge in [-0.05, 0) is 36.1 Å². The molecule has 1 aromatic heterocycles. The third-order valence-corrected chi connectivity index (χ3v) is 6.99. The van der Waals surface area contributed by atoms with Crippen LogP contribution in [-0.4, -0.2) is 64.9 Å². The summed E-state index contributed by atoms with van der Waals surface area (Å²) < 4.78 is 5.15. The van der Waals surface area contributed by atoms with E-state index in [-0.39, 0.29) is 35.3 Å². The Morgan fingerprint density at radius 1 is 1.00 bits per heavy atom. The van der Waals surface area contributed by atoms with Crippen molar-refractivity contribution in [3.8, 4) is 0 Å². The molecule has 0 spiro atoms. The van der Waals surface area contributed by atoms with E-state index in [2.05, 4.69) is 11.1 Å². The number of nitrogens with one attached hydrogen (secondary N) is 1. The van der Waals surface area contributed by atoms with Gasteiger partial charge in [0.25, 0.3) is 11.6 Å². The number of nitrogens with zero attached hydrogens (tertiary/aromatic N) is 3. The van der Waals surface area contributed by atoms with Crippen LogP contribution >= 0.6 is 11.6 Å². The van der Waals surface area contributed by atoms with Crippen LogP contribution in [0.1, 0.15) is 27.9 Å². The molecule has 208 valence electrons. The van der Waals surface area contributed by atoms with E-state index in [1.54, 1.807) is 12.0 Å². The van der Waals surface area contributed by atoms with Crippen molar-refractivity contribution in [1.82, 2.24) is 14.8 Å². The molecule has 1 heterocycles. The Labute approximate surface area is 237 Å². The minimum Gasteiger partial charge on any atom is -0.385 e. The van der Waals surface area contributed by atoms with Crippen LogP contribution in [0.3, 0.4) is 0 Å². The molecule has 0 aliphatic heterocycles. The van der Waals surface area contributed by atoms with Crippen LogP contribution in [0, 0.1) is 10.1 Å². The number of nitro groups is 1. The molecule has 3 aromatic carbocycles. The molecule has 0 aliphatic rings. The number of halogens is 1. The summed E-state index contributed by atoms with van der Waals surface area (Å²) in [5, 5.41) is 12.2. The number of benzene rings is 3. The van der Waals surface area contributed by atoms with Crippen LogP contribution in [0.2, 0.25) is 5.02 Å². The molecule has 0 aliphatic carbocycles. The predicted molar refractivity (Wildman–Crippen MR) is 154 cm³/mol. The fourth-order valence-electron chi connectivity index (χ4n) is 4.57. The predicted octanol–water partition coefficient (Wildman–Crippen LogP) is 5.48. The highest BCUT2D eigenvalue weighted by atomic mass is 35.5. The van der Waals surface area contributed by atoms with E-state index in [4.69, 9.17) is 16.3 Å². The summed E-state index contributed by atoms with van der Waals surface area (Å²) in [5.41, 5.74) is 3.01. The van der Waals surface area contributed by atoms with Crippen molar-refractivity contribution in [3.63, 3.8) is 0 Å². The molecule has 0 fully saturated rings. The lowest BCUT2D eigenvalue weighted by molar-refractivity contribution is -0.384. The Morgan fingerprint density at radius 3 is 2.48 bits per heavy atom. The Morgan fingerprint density at radius 2 is 1.75 bits per heavy atom. The van der Waals surface area contributed by atoms with Gasteiger partial charge in [0.2, 0.25) is 5.91 Å². The normalized spacial score (nSPS) is 10.9. The van der Waals surface area contributed by atoms with Crippen LogP contribution in [-0.2, 0) is 22.5 Å². The Bertz CT molecular complexity index is 1470. The molecular weight excluding hydrogens is 532 g/mol. The van der Waals surface area contributed by atoms with Crippen LogP contribution in [0.25, 0.3) is 10.9 Å². The number of hydrogen-bond acceptors (Lipinski definition) is 5. The van der Waals surface area contributed by atoms with Crippen molar-refractivity contribution >= 4 is 40.0 Å². The van der Waals surface area contributed by atoms with Gasteiger partial charge in [-0.25, -0.2) is 0 Å². The molecule has 0 atom stereocenters. The molecule has 9 nitrogen and oxygen atoms in total. The SMILES string of the molecule is COCCCN(CC(=O)N(CCc1c[nH]c2ccccc12)Cc1ccccc1)C(=O)c1ccc([N+](=O)[O-])cc1Cl. The van der Waals surface area contributed by atoms with Crippen LogP contribution < -0.4 is 0 Å². The molecule has 1 N–H and O–H groups in total. The van der Waals surface area contributed by atoms with Gasteiger partial charge in [-0.15, -0.1) is 0 Å². The number of rotatable bonds is 13. The second-order valence-corrected chi connectivity index (χ2v) is 9.81. The minimum atomic E-state index is -0.574. The maximum atomic E-state index is 13.7. The van der Waals surface area contributed by atoms with E-state index < -0.39 is 10.8 Å². The maximum absolute atomic E-state index is 13.7. The van der Waals surface area contributed by atoms with E-state index in [1.807, 2.05) is 54.7 Å². The molecule has 2 amide bonds. The average Bonchev–Trinajstić information content (AvgIpc) is 3.38. The highest BCUT2D eigenvalue weighted by Gasteiger charge is 2.25. The third kappa shape index (κ3) is 7.25. The Hall–Kier alpha value is -4.21. The number of fused-ring (bicyclic) bond motifs is 1. The van der Waals surface area contributed by atoms with E-state index in [1.165, 1.54) is 17.0 Å². The fourth-order valence-corrected chi connectivity index (χ4v) is 4.82. The van der Waals surface area contributed by atoms with Gasteiger partial charge in [0.05, 0.1) is 15.5 Å². The maximum Gasteiger partial charge on any atom is 0.270 e. The third-order valence-electron chi connectivity index (χ3n) is 6.68. The number of nitro benzene ring substituents is 1. The number of H-pyrrole nitrogens is 1. The van der Waals surface area contributed by atoms with E-state index >= 15 is 0 Å². The number of hydrogen-bond donors (Lipinski definition) is 1. The van der Waals surface area contributed by atoms with Gasteiger partial charge >= 0.3 is 0 Å². The van der Waals surface area contributed by atoms with Gasteiger partial charge < -0.3 is 19.5 Å². The second-order valence-electron chi connectivity index (χ2n) is 9.40. The molecule has 4 aromatic rings. The summed E-state index contributed by atoms with van der Waals surface area (Å²) in [7, 11) is 1.57. The second kappa shape index (κ2) is 13.7. The molecule has 0 saturated carbocycles. The lowest BCUT2D eigenvalue weighted by Crippen LogP contribution is -2.44. The van der Waals surface area contributed by atoms with E-state index in [0.717, 1.165) is 28.1 Å². The number of aromatic nitrogens is 1. The number of ether oxygens (including phenoxy) is 1. The largest absolute Gasteiger partial charge is 0.385 e. The van der Waals surface area contributed by atoms with Gasteiger partial charge in [-0.2, -0.15) is 0 Å². The molecule has 10 heteroatoms. The van der Waals surface area contributed by atoms with Crippen molar-refractivity contribution in [2.75, 3.05) is 33.4 Å². The van der Waals surface area contributed by atoms with Crippen LogP contribution in [0.5, 0.6) is 0 Å². The molecule has 0 unspecified atom stereocenters. The van der Waals surface area contributed by atoms with Crippen molar-refractivity contribution in [3.05, 3.63) is 111 Å². The minimum absolute atomic E-state index is 0.0381. The highest BCUT2D eigenvalue weighted by molar-refractivity contribution is 6.34. The van der Waals surface area contributed by atoms with Gasteiger partial charge in [-0.3, -0.25) is 19.7 Å². The van der Waals surface area contributed by atoms with Crippen molar-refractivity contribution in [2.24, 2.45) is 0 Å². The lowest BCUT2D eigenvalue weighted by atomic mass is 10.1. The zero-order valence-electron chi connectivity index (χ0n) is 22.2. The number of para-hydroxylation sites is 1. The van der Waals surface area contributed by atoms with Crippen LogP contribution in [0.15, 0.2) is 79.0 Å². The zero-order chi connectivity index (χ0) is 28.5. The molecule has 0 saturated heterocycles. The van der Waals surface area contributed by atoms with Crippen molar-refractivity contribution < 1.29 is 19.2 Å². The summed E-state index contributed by atoms with van der Waals surface area (Å²) in [6.45, 7) is 1.33. The Kier molecular flexibility index (Phi) is 9.88. The van der Waals surface area contributed by atoms with Gasteiger partial charge in [0.15, 0.2) is 0 Å². The number of methoxy groups -OCH3 is 1. The van der Waals surface area contributed by atoms with Crippen LogP contribution in [0.4, 0.5) is 5.69 Å². The standard InChI is InChI=1S/C30H31ClN4O5/c1-40-17-7-15-34(30(37)26-13-12-24(35(38)39)18-27(26)31)21-29(36)33(20-22-8-3-2-4-9-22)16-14-23-19-32-28-11-6-5-10-25(23)28/h2-6,8-13,18-19,32H,7,14-17,20-21H2,1H3. The highest BCUT2D eigenvalue weighted by Crippen LogP contribution is 2.24. The molecular formula is C30H31ClN4O5. The van der Waals surface area contributed by atoms with Gasteiger partial charge in [-0.1, -0.05) is 60.1 Å². The summed E-state index contributed by atoms with van der Waals surface area (Å²) in [6, 6.07) is 21.4. The van der Waals surface area contributed by atoms with Gasteiger partial charge in [0.1, 0.15) is 6.54 Å². The number of non-ortho nitro benzene ring substituents is 1. The monoisotopic (exact) mass is 562 g/mol. The molecule has 4 rings (SSSR count). The topological polar surface area (TPSA) is 109 Å². The molecule has 0 bridgehead atoms. The Balaban J connectivity index is 1.55. The smallest absolute Gasteiger partial charge is 0.270 e. The van der Waals surface area contributed by atoms with E-state index in [0.29, 0.717) is 32.5 Å². The number of aromatic amines is 1. The summed E-state index contributed by atoms with van der Waals surface area (Å²) in [6.07, 6.45) is 3.11. The van der Waals surface area contributed by atoms with E-state index in [9.17, 15) is 19.7 Å². The first-order valence-electron chi connectivity index (χ1n) is 13.0. The molecule has 0 radical (unpaired) electrons. The first kappa shape index (κ1) is 28.8. The first-order chi connectivity index (χ1) is 19.4. The summed E-state index contributed by atoms with van der Waals surface area (Å²) in [5.74, 6) is -0.687. The fraction of sp³-hybridized carbons (Fsp3) is 0.267. The first-order valence-corrected chi connectivity index (χ1v) is 13.3. The summed E-state index contributed by atoms with van der Waals surface area (Å²) in [4.78, 5) is 44.3. The average molecular weight is 563 g/mol. The quantitative estimate of drug-likeness (QED) is 0.132. The number of carbonyl (C=O) groups excluding carboxylic acids is 2. The lowest BCUT2D eigenvalue weighted by Gasteiger charge is -2.28. The van der Waals surface area contributed by atoms with Crippen molar-refractivity contribution in [1.29, 1.82) is 0 Å². The molecule has 40 heavy (non-hydrogen) atoms. The van der Waals surface area contributed by atoms with Gasteiger partial charge in [0, 0.05) is 62.6 Å². The number of amides is 2. The van der Waals surface area contributed by atoms with Crippen molar-refractivity contribution in [2.45, 2.75) is 19.4 Å².